The van der Waals surface area contributed by atoms with Gasteiger partial charge in [-0.2, -0.15) is 5.10 Å². The van der Waals surface area contributed by atoms with Gasteiger partial charge in [-0.05, 0) is 6.42 Å². The predicted molar refractivity (Wildman–Crippen MR) is 89.4 cm³/mol. The molecule has 1 aliphatic rings. The van der Waals surface area contributed by atoms with E-state index in [2.05, 4.69) is 26.9 Å². The summed E-state index contributed by atoms with van der Waals surface area (Å²) < 4.78 is 1.76. The normalized spacial score (nSPS) is 15.7. The molecule has 0 radical (unpaired) electrons. The van der Waals surface area contributed by atoms with Gasteiger partial charge in [-0.15, -0.1) is 0 Å². The van der Waals surface area contributed by atoms with E-state index in [1.54, 1.807) is 10.9 Å². The number of anilines is 1. The van der Waals surface area contributed by atoms with Crippen molar-refractivity contribution in [3.8, 4) is 0 Å². The average molecular weight is 316 g/mol. The Hall–Kier alpha value is -2.18. The molecule has 1 fully saturated rings. The molecule has 0 saturated carbocycles. The van der Waals surface area contributed by atoms with Gasteiger partial charge in [0.25, 0.3) is 0 Å². The lowest BCUT2D eigenvalue weighted by atomic mass is 10.2. The third-order valence-electron chi connectivity index (χ3n) is 4.33. The lowest BCUT2D eigenvalue weighted by molar-refractivity contribution is -0.131. The first-order chi connectivity index (χ1) is 11.1. The highest BCUT2D eigenvalue weighted by molar-refractivity contribution is 5.90. The summed E-state index contributed by atoms with van der Waals surface area (Å²) in [6.07, 6.45) is 4.72. The monoisotopic (exact) mass is 316 g/mol. The maximum absolute atomic E-state index is 12.4. The van der Waals surface area contributed by atoms with E-state index in [0.29, 0.717) is 6.54 Å². The molecular weight excluding hydrogens is 292 g/mol. The largest absolute Gasteiger partial charge is 0.345 e. The summed E-state index contributed by atoms with van der Waals surface area (Å²) in [6.45, 7) is 6.98. The van der Waals surface area contributed by atoms with Gasteiger partial charge >= 0.3 is 0 Å². The van der Waals surface area contributed by atoms with Crippen LogP contribution in [0.4, 0.5) is 5.82 Å². The van der Waals surface area contributed by atoms with E-state index in [4.69, 9.17) is 0 Å². The Kier molecular flexibility index (Phi) is 4.45. The molecule has 0 aromatic carbocycles. The fourth-order valence-electron chi connectivity index (χ4n) is 2.92. The van der Waals surface area contributed by atoms with Crippen molar-refractivity contribution in [3.63, 3.8) is 0 Å². The van der Waals surface area contributed by atoms with Crippen LogP contribution in [-0.2, 0) is 18.3 Å². The quantitative estimate of drug-likeness (QED) is 0.833. The van der Waals surface area contributed by atoms with E-state index in [9.17, 15) is 4.79 Å². The molecule has 1 saturated heterocycles. The van der Waals surface area contributed by atoms with E-state index in [1.165, 1.54) is 0 Å². The van der Waals surface area contributed by atoms with Crippen LogP contribution in [-0.4, -0.2) is 56.7 Å². The summed E-state index contributed by atoms with van der Waals surface area (Å²) in [7, 11) is 1.88. The van der Waals surface area contributed by atoms with Crippen molar-refractivity contribution in [2.75, 3.05) is 31.1 Å². The van der Waals surface area contributed by atoms with Crippen LogP contribution < -0.4 is 4.90 Å². The van der Waals surface area contributed by atoms with Crippen molar-refractivity contribution in [2.24, 2.45) is 7.05 Å². The van der Waals surface area contributed by atoms with Crippen LogP contribution in [0.15, 0.2) is 6.20 Å². The molecule has 1 amide bonds. The third-order valence-corrected chi connectivity index (χ3v) is 4.33. The SMILES string of the molecule is CCCCN1CCN(c2nc(CC)nc3c2cnn3C)CC1=O. The summed E-state index contributed by atoms with van der Waals surface area (Å²) in [5, 5.41) is 5.21. The van der Waals surface area contributed by atoms with E-state index in [0.717, 1.165) is 61.6 Å². The number of hydrogen-bond donors (Lipinski definition) is 0. The molecule has 124 valence electrons. The third kappa shape index (κ3) is 3.00. The van der Waals surface area contributed by atoms with E-state index in [1.807, 2.05) is 18.9 Å². The molecule has 0 bridgehead atoms. The number of aryl methyl sites for hydroxylation is 2. The van der Waals surface area contributed by atoms with Crippen LogP contribution in [0.1, 0.15) is 32.5 Å². The van der Waals surface area contributed by atoms with Crippen LogP contribution >= 0.6 is 0 Å². The Morgan fingerprint density at radius 3 is 2.74 bits per heavy atom. The van der Waals surface area contributed by atoms with E-state index in [-0.39, 0.29) is 5.91 Å². The number of rotatable bonds is 5. The highest BCUT2D eigenvalue weighted by Crippen LogP contribution is 2.25. The molecule has 1 aliphatic heterocycles. The summed E-state index contributed by atoms with van der Waals surface area (Å²) in [4.78, 5) is 25.6. The van der Waals surface area contributed by atoms with Gasteiger partial charge in [-0.3, -0.25) is 9.48 Å². The summed E-state index contributed by atoms with van der Waals surface area (Å²) >= 11 is 0. The van der Waals surface area contributed by atoms with Crippen molar-refractivity contribution >= 4 is 22.8 Å². The van der Waals surface area contributed by atoms with Gasteiger partial charge < -0.3 is 9.80 Å². The molecule has 3 rings (SSSR count). The molecule has 3 heterocycles. The van der Waals surface area contributed by atoms with Gasteiger partial charge in [-0.25, -0.2) is 9.97 Å². The molecule has 23 heavy (non-hydrogen) atoms. The predicted octanol–water partition coefficient (Wildman–Crippen LogP) is 1.37. The molecule has 2 aromatic rings. The average Bonchev–Trinajstić information content (AvgIpc) is 2.94. The summed E-state index contributed by atoms with van der Waals surface area (Å²) in [6, 6.07) is 0. The minimum atomic E-state index is 0.179. The Labute approximate surface area is 136 Å². The summed E-state index contributed by atoms with van der Waals surface area (Å²) in [5.41, 5.74) is 0.827. The molecule has 0 aliphatic carbocycles. The van der Waals surface area contributed by atoms with Crippen molar-refractivity contribution in [3.05, 3.63) is 12.0 Å². The molecule has 0 unspecified atom stereocenters. The van der Waals surface area contributed by atoms with Crippen LogP contribution in [0.2, 0.25) is 0 Å². The lowest BCUT2D eigenvalue weighted by Crippen LogP contribution is -2.51. The van der Waals surface area contributed by atoms with Gasteiger partial charge in [0, 0.05) is 33.1 Å². The van der Waals surface area contributed by atoms with Gasteiger partial charge in [0.15, 0.2) is 5.65 Å². The zero-order chi connectivity index (χ0) is 16.4. The number of piperazine rings is 1. The van der Waals surface area contributed by atoms with Crippen LogP contribution in [0, 0.1) is 0 Å². The molecule has 0 atom stereocenters. The minimum Gasteiger partial charge on any atom is -0.345 e. The Morgan fingerprint density at radius 1 is 1.22 bits per heavy atom. The van der Waals surface area contributed by atoms with Crippen LogP contribution in [0.5, 0.6) is 0 Å². The molecule has 7 heteroatoms. The van der Waals surface area contributed by atoms with Crippen LogP contribution in [0.25, 0.3) is 11.0 Å². The molecular formula is C16H24N6O. The number of unbranched alkanes of at least 4 members (excludes halogenated alkanes) is 1. The maximum Gasteiger partial charge on any atom is 0.242 e. The Bertz CT molecular complexity index is 710. The number of amides is 1. The zero-order valence-electron chi connectivity index (χ0n) is 14.1. The van der Waals surface area contributed by atoms with Crippen LogP contribution in [0.3, 0.4) is 0 Å². The van der Waals surface area contributed by atoms with Gasteiger partial charge in [-0.1, -0.05) is 20.3 Å². The number of fused-ring (bicyclic) bond motifs is 1. The maximum atomic E-state index is 12.4. The van der Waals surface area contributed by atoms with Crippen molar-refractivity contribution < 1.29 is 4.79 Å². The fraction of sp³-hybridized carbons (Fsp3) is 0.625. The number of aromatic nitrogens is 4. The lowest BCUT2D eigenvalue weighted by Gasteiger charge is -2.35. The number of hydrogen-bond acceptors (Lipinski definition) is 5. The smallest absolute Gasteiger partial charge is 0.242 e. The first kappa shape index (κ1) is 15.7. The van der Waals surface area contributed by atoms with Gasteiger partial charge in [0.2, 0.25) is 5.91 Å². The van der Waals surface area contributed by atoms with E-state index >= 15 is 0 Å². The van der Waals surface area contributed by atoms with Gasteiger partial charge in [0.05, 0.1) is 18.1 Å². The van der Waals surface area contributed by atoms with Crippen molar-refractivity contribution in [2.45, 2.75) is 33.1 Å². The Balaban J connectivity index is 1.88. The minimum absolute atomic E-state index is 0.179. The van der Waals surface area contributed by atoms with E-state index < -0.39 is 0 Å². The first-order valence-electron chi connectivity index (χ1n) is 8.35. The highest BCUT2D eigenvalue weighted by Gasteiger charge is 2.26. The first-order valence-corrected chi connectivity index (χ1v) is 8.35. The molecule has 7 nitrogen and oxygen atoms in total. The van der Waals surface area contributed by atoms with Crippen molar-refractivity contribution in [1.82, 2.24) is 24.6 Å². The molecule has 0 spiro atoms. The van der Waals surface area contributed by atoms with Gasteiger partial charge in [0.1, 0.15) is 11.6 Å². The fourth-order valence-corrected chi connectivity index (χ4v) is 2.92. The second-order valence-electron chi connectivity index (χ2n) is 5.98. The van der Waals surface area contributed by atoms with Crippen molar-refractivity contribution in [1.29, 1.82) is 0 Å². The zero-order valence-corrected chi connectivity index (χ0v) is 14.1. The highest BCUT2D eigenvalue weighted by atomic mass is 16.2. The second-order valence-corrected chi connectivity index (χ2v) is 5.98. The number of nitrogens with zero attached hydrogens (tertiary/aromatic N) is 6. The summed E-state index contributed by atoms with van der Waals surface area (Å²) in [5.74, 6) is 1.80. The molecule has 2 aromatic heterocycles. The number of carbonyl (C=O) groups is 1. The topological polar surface area (TPSA) is 67.2 Å². The second kappa shape index (κ2) is 6.52. The standard InChI is InChI=1S/C16H24N6O/c1-4-6-7-21-8-9-22(11-14(21)23)16-12-10-17-20(3)15(12)18-13(5-2)19-16/h10H,4-9,11H2,1-3H3. The molecule has 0 N–H and O–H groups in total. The number of carbonyl (C=O) groups excluding carboxylic acids is 1. The Morgan fingerprint density at radius 2 is 2.04 bits per heavy atom.